The molecule has 8 nitrogen and oxygen atoms in total. The Bertz CT molecular complexity index is 671. The number of amides is 2. The topological polar surface area (TPSA) is 110 Å². The monoisotopic (exact) mass is 390 g/mol. The summed E-state index contributed by atoms with van der Waals surface area (Å²) < 4.78 is 0. The fourth-order valence-corrected chi connectivity index (χ4v) is 2.93. The molecule has 0 aromatic heterocycles. The molecular weight excluding hydrogens is 364 g/mol. The Morgan fingerprint density at radius 1 is 1.37 bits per heavy atom. The van der Waals surface area contributed by atoms with Gasteiger partial charge in [-0.15, -0.1) is 6.58 Å². The average Bonchev–Trinajstić information content (AvgIpc) is 2.65. The fourth-order valence-electron chi connectivity index (χ4n) is 2.15. The minimum absolute atomic E-state index is 0.204. The van der Waals surface area contributed by atoms with Gasteiger partial charge < -0.3 is 15.5 Å². The highest BCUT2D eigenvalue weighted by Gasteiger charge is 2.21. The Kier molecular flexibility index (Phi) is 10.7. The van der Waals surface area contributed by atoms with Gasteiger partial charge in [0.2, 0.25) is 5.91 Å². The van der Waals surface area contributed by atoms with E-state index in [1.54, 1.807) is 30.3 Å². The largest absolute Gasteiger partial charge is 0.354 e. The van der Waals surface area contributed by atoms with Gasteiger partial charge in [-0.3, -0.25) is 9.59 Å². The molecule has 27 heavy (non-hydrogen) atoms. The Morgan fingerprint density at radius 2 is 2.07 bits per heavy atom. The van der Waals surface area contributed by atoms with E-state index in [0.717, 1.165) is 13.0 Å². The maximum Gasteiger partial charge on any atom is 0.251 e. The summed E-state index contributed by atoms with van der Waals surface area (Å²) >= 11 is 1.52. The molecule has 2 amide bonds. The Labute approximate surface area is 164 Å². The Hall–Kier alpha value is -2.48. The summed E-state index contributed by atoms with van der Waals surface area (Å²) in [6.45, 7) is 5.09. The summed E-state index contributed by atoms with van der Waals surface area (Å²) in [7, 11) is 3.95. The molecule has 1 rings (SSSR count). The first-order valence-electron chi connectivity index (χ1n) is 8.55. The second kappa shape index (κ2) is 12.8. The zero-order valence-electron chi connectivity index (χ0n) is 15.7. The van der Waals surface area contributed by atoms with Crippen LogP contribution in [0.15, 0.2) is 42.0 Å². The van der Waals surface area contributed by atoms with E-state index in [0.29, 0.717) is 29.3 Å². The van der Waals surface area contributed by atoms with Crippen LogP contribution in [-0.4, -0.2) is 61.4 Å². The molecule has 1 atom stereocenters. The van der Waals surface area contributed by atoms with E-state index in [1.165, 1.54) is 11.8 Å². The molecule has 0 aliphatic heterocycles. The van der Waals surface area contributed by atoms with E-state index in [2.05, 4.69) is 27.2 Å². The first-order chi connectivity index (χ1) is 13.0. The van der Waals surface area contributed by atoms with Crippen LogP contribution >= 0.6 is 11.8 Å². The van der Waals surface area contributed by atoms with E-state index >= 15 is 0 Å². The normalized spacial score (nSPS) is 11.4. The van der Waals surface area contributed by atoms with Crippen LogP contribution in [0, 0.1) is 0 Å². The van der Waals surface area contributed by atoms with Crippen LogP contribution in [0.3, 0.4) is 0 Å². The van der Waals surface area contributed by atoms with Crippen molar-refractivity contribution in [3.05, 3.63) is 52.9 Å². The number of carbonyl (C=O) groups excluding carboxylic acids is 2. The summed E-state index contributed by atoms with van der Waals surface area (Å²) in [6.07, 6.45) is 2.59. The van der Waals surface area contributed by atoms with E-state index < -0.39 is 6.04 Å². The van der Waals surface area contributed by atoms with Crippen LogP contribution < -0.4 is 10.6 Å². The first kappa shape index (κ1) is 22.6. The fraction of sp³-hybridized carbons (Fsp3) is 0.444. The molecule has 0 radical (unpaired) electrons. The average molecular weight is 391 g/mol. The van der Waals surface area contributed by atoms with Gasteiger partial charge in [0.1, 0.15) is 6.04 Å². The summed E-state index contributed by atoms with van der Waals surface area (Å²) in [6, 6.07) is 5.58. The number of nitrogens with zero attached hydrogens (tertiary/aromatic N) is 4. The van der Waals surface area contributed by atoms with E-state index in [9.17, 15) is 9.59 Å². The van der Waals surface area contributed by atoms with Crippen molar-refractivity contribution in [3.63, 3.8) is 0 Å². The minimum atomic E-state index is -0.640. The van der Waals surface area contributed by atoms with Crippen molar-refractivity contribution in [2.75, 3.05) is 38.7 Å². The van der Waals surface area contributed by atoms with Gasteiger partial charge in [-0.1, -0.05) is 23.3 Å². The van der Waals surface area contributed by atoms with Crippen molar-refractivity contribution in [1.29, 1.82) is 0 Å². The van der Waals surface area contributed by atoms with Crippen molar-refractivity contribution < 1.29 is 9.59 Å². The van der Waals surface area contributed by atoms with Crippen molar-refractivity contribution in [3.8, 4) is 0 Å². The predicted molar refractivity (Wildman–Crippen MR) is 110 cm³/mol. The third-order valence-electron chi connectivity index (χ3n) is 3.51. The second-order valence-electron chi connectivity index (χ2n) is 6.04. The number of rotatable bonds is 12. The molecule has 0 saturated carbocycles. The number of benzene rings is 1. The van der Waals surface area contributed by atoms with E-state index in [1.807, 2.05) is 19.0 Å². The predicted octanol–water partition coefficient (Wildman–Crippen LogP) is 2.71. The molecule has 1 aromatic rings. The number of hydrogen-bond donors (Lipinski definition) is 2. The molecular formula is C18H26N6O2S. The quantitative estimate of drug-likeness (QED) is 0.188. The number of azide groups is 1. The zero-order chi connectivity index (χ0) is 20.1. The number of hydrogen-bond acceptors (Lipinski definition) is 5. The lowest BCUT2D eigenvalue weighted by Crippen LogP contribution is -2.48. The van der Waals surface area contributed by atoms with Crippen LogP contribution in [0.4, 0.5) is 5.69 Å². The molecule has 0 saturated heterocycles. The van der Waals surface area contributed by atoms with Gasteiger partial charge in [0.15, 0.2) is 0 Å². The molecule has 0 aliphatic rings. The molecule has 9 heteroatoms. The Morgan fingerprint density at radius 3 is 2.67 bits per heavy atom. The first-order valence-corrected chi connectivity index (χ1v) is 9.70. The van der Waals surface area contributed by atoms with Crippen LogP contribution in [0.2, 0.25) is 0 Å². The third kappa shape index (κ3) is 9.14. The highest BCUT2D eigenvalue weighted by molar-refractivity contribution is 7.99. The van der Waals surface area contributed by atoms with Gasteiger partial charge in [0.25, 0.3) is 5.91 Å². The van der Waals surface area contributed by atoms with Gasteiger partial charge >= 0.3 is 0 Å². The summed E-state index contributed by atoms with van der Waals surface area (Å²) in [5, 5.41) is 9.12. The van der Waals surface area contributed by atoms with E-state index in [-0.39, 0.29) is 11.8 Å². The maximum absolute atomic E-state index is 12.5. The molecule has 0 heterocycles. The molecule has 1 unspecified atom stereocenters. The van der Waals surface area contributed by atoms with Crippen LogP contribution in [0.5, 0.6) is 0 Å². The maximum atomic E-state index is 12.5. The van der Waals surface area contributed by atoms with E-state index in [4.69, 9.17) is 5.53 Å². The smallest absolute Gasteiger partial charge is 0.251 e. The van der Waals surface area contributed by atoms with Gasteiger partial charge in [-0.25, -0.2) is 0 Å². The molecule has 146 valence electrons. The Balaban J connectivity index is 2.68. The van der Waals surface area contributed by atoms with Crippen LogP contribution in [-0.2, 0) is 4.79 Å². The van der Waals surface area contributed by atoms with Gasteiger partial charge in [0, 0.05) is 34.2 Å². The van der Waals surface area contributed by atoms with Crippen LogP contribution in [0.1, 0.15) is 16.8 Å². The summed E-state index contributed by atoms with van der Waals surface area (Å²) in [5.41, 5.74) is 9.24. The summed E-state index contributed by atoms with van der Waals surface area (Å²) in [4.78, 5) is 29.6. The number of thioether (sulfide) groups is 1. The molecule has 0 fully saturated rings. The van der Waals surface area contributed by atoms with Gasteiger partial charge in [-0.05, 0) is 44.7 Å². The van der Waals surface area contributed by atoms with Crippen molar-refractivity contribution in [2.24, 2.45) is 5.11 Å². The third-order valence-corrected chi connectivity index (χ3v) is 4.55. The minimum Gasteiger partial charge on any atom is -0.354 e. The highest BCUT2D eigenvalue weighted by atomic mass is 32.2. The molecule has 0 aliphatic carbocycles. The number of carbonyl (C=O) groups is 2. The van der Waals surface area contributed by atoms with Crippen molar-refractivity contribution in [1.82, 2.24) is 15.5 Å². The van der Waals surface area contributed by atoms with Crippen molar-refractivity contribution >= 4 is 29.3 Å². The second-order valence-corrected chi connectivity index (χ2v) is 7.11. The SMILES string of the molecule is C=CCSCC(NC(=O)c1ccc(N=[N+]=[N-])cc1)C(=O)NCCCN(C)C. The lowest BCUT2D eigenvalue weighted by Gasteiger charge is -2.18. The lowest BCUT2D eigenvalue weighted by molar-refractivity contribution is -0.122. The summed E-state index contributed by atoms with van der Waals surface area (Å²) in [5.74, 6) is 0.592. The standard InChI is InChI=1S/C18H26N6O2S/c1-4-12-27-13-16(18(26)20-10-5-11-24(2)3)21-17(25)14-6-8-15(9-7-14)22-23-19/h4,6-9,16H,1,5,10-13H2,2-3H3,(H,20,26)(H,21,25). The molecule has 2 N–H and O–H groups in total. The van der Waals surface area contributed by atoms with Gasteiger partial charge in [-0.2, -0.15) is 11.8 Å². The number of nitrogens with one attached hydrogen (secondary N) is 2. The zero-order valence-corrected chi connectivity index (χ0v) is 16.5. The highest BCUT2D eigenvalue weighted by Crippen LogP contribution is 2.13. The van der Waals surface area contributed by atoms with Crippen LogP contribution in [0.25, 0.3) is 10.4 Å². The molecule has 0 bridgehead atoms. The van der Waals surface area contributed by atoms with Crippen molar-refractivity contribution in [2.45, 2.75) is 12.5 Å². The lowest BCUT2D eigenvalue weighted by atomic mass is 10.2. The molecule has 1 aromatic carbocycles. The van der Waals surface area contributed by atoms with Gasteiger partial charge in [0.05, 0.1) is 0 Å². The molecule has 0 spiro atoms.